The molecule has 1 unspecified atom stereocenters. The van der Waals surface area contributed by atoms with Crippen LogP contribution in [0, 0.1) is 6.92 Å². The standard InChI is InChI=1S/C17H22BrNOS/c1-13-5-3-4-6-17(13)14(11-19-7-8-20-2)9-16-10-15(18)12-21-16/h3-6,10,12,14,19H,7-9,11H2,1-2H3. The van der Waals surface area contributed by atoms with E-state index in [1.807, 2.05) is 11.3 Å². The molecular formula is C17H22BrNOS. The van der Waals surface area contributed by atoms with Gasteiger partial charge in [-0.2, -0.15) is 0 Å². The SMILES string of the molecule is COCCNCC(Cc1cc(Br)cs1)c1ccccc1C. The number of rotatable bonds is 8. The van der Waals surface area contributed by atoms with Crippen molar-refractivity contribution >= 4 is 27.3 Å². The number of thiophene rings is 1. The third kappa shape index (κ3) is 5.22. The van der Waals surface area contributed by atoms with Crippen LogP contribution in [0.4, 0.5) is 0 Å². The highest BCUT2D eigenvalue weighted by Crippen LogP contribution is 2.28. The summed E-state index contributed by atoms with van der Waals surface area (Å²) in [6.07, 6.45) is 1.07. The van der Waals surface area contributed by atoms with Crippen LogP contribution in [0.15, 0.2) is 40.2 Å². The summed E-state index contributed by atoms with van der Waals surface area (Å²) in [5.74, 6) is 0.494. The molecule has 0 aliphatic carbocycles. The molecule has 0 saturated carbocycles. The minimum atomic E-state index is 0.494. The summed E-state index contributed by atoms with van der Waals surface area (Å²) in [5.41, 5.74) is 2.80. The summed E-state index contributed by atoms with van der Waals surface area (Å²) in [5, 5.41) is 5.66. The predicted molar refractivity (Wildman–Crippen MR) is 94.4 cm³/mol. The van der Waals surface area contributed by atoms with E-state index < -0.39 is 0 Å². The molecule has 1 aromatic heterocycles. The van der Waals surface area contributed by atoms with Gasteiger partial charge in [0, 0.05) is 40.8 Å². The van der Waals surface area contributed by atoms with Crippen LogP contribution in [0.5, 0.6) is 0 Å². The first-order chi connectivity index (χ1) is 10.2. The van der Waals surface area contributed by atoms with Crippen molar-refractivity contribution in [2.75, 3.05) is 26.8 Å². The Kier molecular flexibility index (Phi) is 6.90. The molecule has 0 radical (unpaired) electrons. The molecule has 0 fully saturated rings. The molecule has 21 heavy (non-hydrogen) atoms. The molecule has 0 spiro atoms. The maximum atomic E-state index is 5.11. The quantitative estimate of drug-likeness (QED) is 0.698. The number of aryl methyl sites for hydroxylation is 1. The fraction of sp³-hybridized carbons (Fsp3) is 0.412. The number of nitrogens with one attached hydrogen (secondary N) is 1. The van der Waals surface area contributed by atoms with Crippen molar-refractivity contribution in [2.24, 2.45) is 0 Å². The van der Waals surface area contributed by atoms with E-state index in [1.54, 1.807) is 7.11 Å². The molecule has 2 rings (SSSR count). The Morgan fingerprint density at radius 1 is 1.33 bits per heavy atom. The van der Waals surface area contributed by atoms with Gasteiger partial charge in [-0.25, -0.2) is 0 Å². The van der Waals surface area contributed by atoms with E-state index in [4.69, 9.17) is 4.74 Å². The highest BCUT2D eigenvalue weighted by Gasteiger charge is 2.15. The Balaban J connectivity index is 2.08. The van der Waals surface area contributed by atoms with Gasteiger partial charge in [0.2, 0.25) is 0 Å². The number of ether oxygens (including phenoxy) is 1. The number of halogens is 1. The van der Waals surface area contributed by atoms with Gasteiger partial charge in [0.1, 0.15) is 0 Å². The number of benzene rings is 1. The van der Waals surface area contributed by atoms with Gasteiger partial charge >= 0.3 is 0 Å². The van der Waals surface area contributed by atoms with Crippen LogP contribution >= 0.6 is 27.3 Å². The molecule has 0 saturated heterocycles. The van der Waals surface area contributed by atoms with Crippen LogP contribution in [0.1, 0.15) is 21.9 Å². The molecule has 0 amide bonds. The van der Waals surface area contributed by atoms with Gasteiger partial charge in [0.05, 0.1) is 6.61 Å². The molecule has 4 heteroatoms. The average molecular weight is 368 g/mol. The van der Waals surface area contributed by atoms with Gasteiger partial charge < -0.3 is 10.1 Å². The van der Waals surface area contributed by atoms with Crippen molar-refractivity contribution in [1.29, 1.82) is 0 Å². The molecule has 1 heterocycles. The molecule has 0 bridgehead atoms. The highest BCUT2D eigenvalue weighted by molar-refractivity contribution is 9.10. The maximum absolute atomic E-state index is 5.11. The van der Waals surface area contributed by atoms with Crippen LogP contribution in [0.2, 0.25) is 0 Å². The Bertz CT molecular complexity index is 555. The lowest BCUT2D eigenvalue weighted by atomic mass is 9.91. The summed E-state index contributed by atoms with van der Waals surface area (Å²) < 4.78 is 6.29. The largest absolute Gasteiger partial charge is 0.383 e. The van der Waals surface area contributed by atoms with Crippen LogP contribution in [-0.4, -0.2) is 26.8 Å². The minimum absolute atomic E-state index is 0.494. The molecule has 1 aromatic carbocycles. The van der Waals surface area contributed by atoms with Gasteiger partial charge in [-0.3, -0.25) is 0 Å². The lowest BCUT2D eigenvalue weighted by Gasteiger charge is -2.19. The fourth-order valence-corrected chi connectivity index (χ4v) is 4.02. The van der Waals surface area contributed by atoms with Gasteiger partial charge in [-0.05, 0) is 46.5 Å². The average Bonchev–Trinajstić information content (AvgIpc) is 2.88. The maximum Gasteiger partial charge on any atom is 0.0587 e. The molecule has 0 aliphatic heterocycles. The number of hydrogen-bond acceptors (Lipinski definition) is 3. The molecule has 0 aliphatic rings. The lowest BCUT2D eigenvalue weighted by Crippen LogP contribution is -2.26. The van der Waals surface area contributed by atoms with Crippen LogP contribution in [0.25, 0.3) is 0 Å². The van der Waals surface area contributed by atoms with Gasteiger partial charge in [0.25, 0.3) is 0 Å². The molecule has 2 nitrogen and oxygen atoms in total. The van der Waals surface area contributed by atoms with Gasteiger partial charge in [0.15, 0.2) is 0 Å². The Hall–Kier alpha value is -0.680. The van der Waals surface area contributed by atoms with E-state index in [0.29, 0.717) is 5.92 Å². The van der Waals surface area contributed by atoms with Crippen molar-refractivity contribution in [3.63, 3.8) is 0 Å². The molecule has 2 aromatic rings. The summed E-state index contributed by atoms with van der Waals surface area (Å²) in [7, 11) is 1.74. The van der Waals surface area contributed by atoms with Crippen LogP contribution in [-0.2, 0) is 11.2 Å². The Morgan fingerprint density at radius 2 is 2.14 bits per heavy atom. The second-order valence-corrected chi connectivity index (χ2v) is 7.10. The number of methoxy groups -OCH3 is 1. The molecule has 1 atom stereocenters. The first-order valence-corrected chi connectivity index (χ1v) is 8.86. The van der Waals surface area contributed by atoms with Crippen molar-refractivity contribution < 1.29 is 4.74 Å². The monoisotopic (exact) mass is 367 g/mol. The zero-order valence-electron chi connectivity index (χ0n) is 12.6. The third-order valence-electron chi connectivity index (χ3n) is 3.57. The van der Waals surface area contributed by atoms with Gasteiger partial charge in [-0.1, -0.05) is 24.3 Å². The second kappa shape index (κ2) is 8.69. The topological polar surface area (TPSA) is 21.3 Å². The van der Waals surface area contributed by atoms with E-state index in [-0.39, 0.29) is 0 Å². The summed E-state index contributed by atoms with van der Waals surface area (Å²) >= 11 is 5.37. The van der Waals surface area contributed by atoms with Crippen molar-refractivity contribution in [3.8, 4) is 0 Å². The molecule has 1 N–H and O–H groups in total. The fourth-order valence-electron chi connectivity index (χ4n) is 2.49. The number of hydrogen-bond donors (Lipinski definition) is 1. The van der Waals surface area contributed by atoms with Crippen LogP contribution < -0.4 is 5.32 Å². The zero-order chi connectivity index (χ0) is 15.1. The van der Waals surface area contributed by atoms with E-state index in [1.165, 1.54) is 20.5 Å². The van der Waals surface area contributed by atoms with E-state index in [0.717, 1.165) is 26.1 Å². The predicted octanol–water partition coefficient (Wildman–Crippen LogP) is 4.38. The second-order valence-electron chi connectivity index (χ2n) is 5.19. The van der Waals surface area contributed by atoms with Crippen molar-refractivity contribution in [3.05, 3.63) is 56.2 Å². The highest BCUT2D eigenvalue weighted by atomic mass is 79.9. The van der Waals surface area contributed by atoms with E-state index in [2.05, 4.69) is 63.9 Å². The summed E-state index contributed by atoms with van der Waals surface area (Å²) in [6, 6.07) is 10.9. The lowest BCUT2D eigenvalue weighted by molar-refractivity contribution is 0.199. The Morgan fingerprint density at radius 3 is 2.81 bits per heavy atom. The van der Waals surface area contributed by atoms with E-state index in [9.17, 15) is 0 Å². The molecule has 114 valence electrons. The van der Waals surface area contributed by atoms with E-state index >= 15 is 0 Å². The van der Waals surface area contributed by atoms with Gasteiger partial charge in [-0.15, -0.1) is 11.3 Å². The van der Waals surface area contributed by atoms with Crippen molar-refractivity contribution in [2.45, 2.75) is 19.3 Å². The first-order valence-electron chi connectivity index (χ1n) is 7.18. The summed E-state index contributed by atoms with van der Waals surface area (Å²) in [6.45, 7) is 4.82. The van der Waals surface area contributed by atoms with Crippen molar-refractivity contribution in [1.82, 2.24) is 5.32 Å². The minimum Gasteiger partial charge on any atom is -0.383 e. The zero-order valence-corrected chi connectivity index (χ0v) is 15.0. The Labute approximate surface area is 139 Å². The first kappa shape index (κ1) is 16.7. The third-order valence-corrected chi connectivity index (χ3v) is 5.29. The summed E-state index contributed by atoms with van der Waals surface area (Å²) in [4.78, 5) is 1.42. The molecular weight excluding hydrogens is 346 g/mol. The van der Waals surface area contributed by atoms with Crippen LogP contribution in [0.3, 0.4) is 0 Å². The smallest absolute Gasteiger partial charge is 0.0587 e. The normalized spacial score (nSPS) is 12.5.